The Morgan fingerprint density at radius 1 is 1.16 bits per heavy atom. The molecular formula is C18H20N4O3. The van der Waals surface area contributed by atoms with E-state index in [0.29, 0.717) is 11.7 Å². The van der Waals surface area contributed by atoms with Crippen LogP contribution in [-0.4, -0.2) is 52.9 Å². The summed E-state index contributed by atoms with van der Waals surface area (Å²) in [6, 6.07) is 6.21. The number of allylic oxidation sites excluding steroid dienone is 2. The number of piperazine rings is 1. The number of benzene rings is 1. The third kappa shape index (κ3) is 4.54. The molecule has 7 heteroatoms. The van der Waals surface area contributed by atoms with E-state index in [-0.39, 0.29) is 5.69 Å². The fourth-order valence-electron chi connectivity index (χ4n) is 2.53. The van der Waals surface area contributed by atoms with Crippen LogP contribution < -0.4 is 0 Å². The zero-order valence-electron chi connectivity index (χ0n) is 14.0. The Labute approximate surface area is 146 Å². The van der Waals surface area contributed by atoms with E-state index in [1.165, 1.54) is 12.1 Å². The molecule has 130 valence electrons. The van der Waals surface area contributed by atoms with Crippen molar-refractivity contribution in [3.8, 4) is 11.3 Å². The lowest BCUT2D eigenvalue weighted by Gasteiger charge is -2.31. The number of rotatable bonds is 5. The van der Waals surface area contributed by atoms with E-state index in [0.717, 1.165) is 31.7 Å². The number of nitro groups is 1. The predicted molar refractivity (Wildman–Crippen MR) is 95.8 cm³/mol. The summed E-state index contributed by atoms with van der Waals surface area (Å²) in [7, 11) is 2.13. The highest BCUT2D eigenvalue weighted by molar-refractivity contribution is 5.59. The summed E-state index contributed by atoms with van der Waals surface area (Å²) in [6.07, 6.45) is 9.35. The summed E-state index contributed by atoms with van der Waals surface area (Å²) in [5.41, 5.74) is 0.808. The van der Waals surface area contributed by atoms with Crippen LogP contribution in [0.15, 0.2) is 53.2 Å². The standard InChI is InChI=1S/C18H20N4O3/c1-20-10-12-21(13-11-20)9-3-2-4-18-19-14-17(25-18)15-5-7-16(8-6-15)22(23)24/h2-9,14H,10-13H2,1H3/b4-2+,9-3+. The molecule has 7 nitrogen and oxygen atoms in total. The summed E-state index contributed by atoms with van der Waals surface area (Å²) >= 11 is 0. The van der Waals surface area contributed by atoms with Gasteiger partial charge in [-0.05, 0) is 31.5 Å². The summed E-state index contributed by atoms with van der Waals surface area (Å²) in [5.74, 6) is 1.08. The number of hydrogen-bond acceptors (Lipinski definition) is 6. The van der Waals surface area contributed by atoms with Crippen LogP contribution in [0.2, 0.25) is 0 Å². The fourth-order valence-corrected chi connectivity index (χ4v) is 2.53. The maximum atomic E-state index is 10.7. The Bertz CT molecular complexity index is 772. The van der Waals surface area contributed by atoms with E-state index in [1.807, 2.05) is 12.2 Å². The maximum Gasteiger partial charge on any atom is 0.269 e. The zero-order valence-corrected chi connectivity index (χ0v) is 14.0. The lowest BCUT2D eigenvalue weighted by Crippen LogP contribution is -2.41. The highest BCUT2D eigenvalue weighted by atomic mass is 16.6. The summed E-state index contributed by atoms with van der Waals surface area (Å²) < 4.78 is 5.65. The Hall–Kier alpha value is -2.93. The van der Waals surface area contributed by atoms with Crippen molar-refractivity contribution < 1.29 is 9.34 Å². The molecular weight excluding hydrogens is 320 g/mol. The number of nitrogens with zero attached hydrogens (tertiary/aromatic N) is 4. The molecule has 0 bridgehead atoms. The second kappa shape index (κ2) is 7.76. The van der Waals surface area contributed by atoms with Gasteiger partial charge in [0, 0.05) is 50.0 Å². The Morgan fingerprint density at radius 3 is 2.56 bits per heavy atom. The van der Waals surface area contributed by atoms with Gasteiger partial charge in [-0.1, -0.05) is 6.08 Å². The number of oxazole rings is 1. The molecule has 1 saturated heterocycles. The molecule has 1 aliphatic rings. The molecule has 2 heterocycles. The fraction of sp³-hybridized carbons (Fsp3) is 0.278. The molecule has 1 aromatic heterocycles. The molecule has 0 spiro atoms. The average molecular weight is 340 g/mol. The van der Waals surface area contributed by atoms with Gasteiger partial charge in [0.1, 0.15) is 0 Å². The van der Waals surface area contributed by atoms with Crippen LogP contribution in [0.4, 0.5) is 5.69 Å². The summed E-state index contributed by atoms with van der Waals surface area (Å²) in [5, 5.41) is 10.7. The van der Waals surface area contributed by atoms with Gasteiger partial charge in [-0.2, -0.15) is 0 Å². The van der Waals surface area contributed by atoms with Gasteiger partial charge >= 0.3 is 0 Å². The lowest BCUT2D eigenvalue weighted by atomic mass is 10.2. The molecule has 25 heavy (non-hydrogen) atoms. The minimum Gasteiger partial charge on any atom is -0.437 e. The van der Waals surface area contributed by atoms with Crippen molar-refractivity contribution in [3.05, 3.63) is 64.8 Å². The molecule has 1 fully saturated rings. The molecule has 0 unspecified atom stereocenters. The molecule has 0 saturated carbocycles. The normalized spacial score (nSPS) is 16.1. The topological polar surface area (TPSA) is 75.7 Å². The van der Waals surface area contributed by atoms with E-state index in [2.05, 4.69) is 28.0 Å². The predicted octanol–water partition coefficient (Wildman–Crippen LogP) is 3.02. The van der Waals surface area contributed by atoms with E-state index in [9.17, 15) is 10.1 Å². The SMILES string of the molecule is CN1CCN(/C=C/C=C/c2ncc(-c3ccc([N+](=O)[O-])cc3)o2)CC1. The minimum atomic E-state index is -0.426. The Kier molecular flexibility index (Phi) is 5.25. The molecule has 0 amide bonds. The van der Waals surface area contributed by atoms with Crippen molar-refractivity contribution >= 4 is 11.8 Å². The number of likely N-dealkylation sites (N-methyl/N-ethyl adjacent to an activating group) is 1. The summed E-state index contributed by atoms with van der Waals surface area (Å²) in [4.78, 5) is 19.0. The van der Waals surface area contributed by atoms with Crippen LogP contribution >= 0.6 is 0 Å². The molecule has 0 radical (unpaired) electrons. The highest BCUT2D eigenvalue weighted by Crippen LogP contribution is 2.23. The van der Waals surface area contributed by atoms with E-state index < -0.39 is 4.92 Å². The molecule has 0 N–H and O–H groups in total. The lowest BCUT2D eigenvalue weighted by molar-refractivity contribution is -0.384. The quantitative estimate of drug-likeness (QED) is 0.473. The molecule has 0 aliphatic carbocycles. The van der Waals surface area contributed by atoms with Gasteiger partial charge in [-0.25, -0.2) is 4.98 Å². The van der Waals surface area contributed by atoms with Gasteiger partial charge in [0.15, 0.2) is 5.76 Å². The number of hydrogen-bond donors (Lipinski definition) is 0. The minimum absolute atomic E-state index is 0.0532. The monoisotopic (exact) mass is 340 g/mol. The average Bonchev–Trinajstić information content (AvgIpc) is 3.09. The van der Waals surface area contributed by atoms with Gasteiger partial charge in [-0.15, -0.1) is 0 Å². The highest BCUT2D eigenvalue weighted by Gasteiger charge is 2.10. The Morgan fingerprint density at radius 2 is 1.88 bits per heavy atom. The van der Waals surface area contributed by atoms with Crippen LogP contribution in [0.25, 0.3) is 17.4 Å². The molecule has 2 aromatic rings. The van der Waals surface area contributed by atoms with E-state index in [1.54, 1.807) is 24.4 Å². The largest absolute Gasteiger partial charge is 0.437 e. The van der Waals surface area contributed by atoms with Gasteiger partial charge in [0.25, 0.3) is 5.69 Å². The van der Waals surface area contributed by atoms with Crippen molar-refractivity contribution in [1.29, 1.82) is 0 Å². The van der Waals surface area contributed by atoms with Crippen molar-refractivity contribution in [3.63, 3.8) is 0 Å². The third-order valence-electron chi connectivity index (χ3n) is 4.07. The first kappa shape index (κ1) is 16.9. The van der Waals surface area contributed by atoms with Gasteiger partial charge < -0.3 is 14.2 Å². The Balaban J connectivity index is 1.58. The maximum absolute atomic E-state index is 10.7. The number of non-ortho nitro benzene ring substituents is 1. The van der Waals surface area contributed by atoms with Crippen LogP contribution in [0.3, 0.4) is 0 Å². The van der Waals surface area contributed by atoms with Crippen molar-refractivity contribution in [2.45, 2.75) is 0 Å². The van der Waals surface area contributed by atoms with Crippen molar-refractivity contribution in [1.82, 2.24) is 14.8 Å². The van der Waals surface area contributed by atoms with Crippen molar-refractivity contribution in [2.24, 2.45) is 0 Å². The molecule has 1 aromatic carbocycles. The second-order valence-corrected chi connectivity index (χ2v) is 5.91. The van der Waals surface area contributed by atoms with E-state index >= 15 is 0 Å². The number of nitro benzene ring substituents is 1. The third-order valence-corrected chi connectivity index (χ3v) is 4.07. The second-order valence-electron chi connectivity index (χ2n) is 5.91. The van der Waals surface area contributed by atoms with Crippen LogP contribution in [0.1, 0.15) is 5.89 Å². The van der Waals surface area contributed by atoms with Gasteiger partial charge in [-0.3, -0.25) is 10.1 Å². The first-order chi connectivity index (χ1) is 12.1. The van der Waals surface area contributed by atoms with Crippen LogP contribution in [-0.2, 0) is 0 Å². The molecule has 0 atom stereocenters. The van der Waals surface area contributed by atoms with Crippen LogP contribution in [0.5, 0.6) is 0 Å². The number of aromatic nitrogens is 1. The first-order valence-corrected chi connectivity index (χ1v) is 8.10. The molecule has 1 aliphatic heterocycles. The van der Waals surface area contributed by atoms with Gasteiger partial charge in [0.2, 0.25) is 5.89 Å². The first-order valence-electron chi connectivity index (χ1n) is 8.10. The molecule has 3 rings (SSSR count). The smallest absolute Gasteiger partial charge is 0.269 e. The van der Waals surface area contributed by atoms with Gasteiger partial charge in [0.05, 0.1) is 11.1 Å². The summed E-state index contributed by atoms with van der Waals surface area (Å²) in [6.45, 7) is 4.22. The van der Waals surface area contributed by atoms with E-state index in [4.69, 9.17) is 4.42 Å². The van der Waals surface area contributed by atoms with Crippen molar-refractivity contribution in [2.75, 3.05) is 33.2 Å². The zero-order chi connectivity index (χ0) is 17.6. The van der Waals surface area contributed by atoms with Crippen LogP contribution in [0, 0.1) is 10.1 Å².